The second kappa shape index (κ2) is 8.61. The van der Waals surface area contributed by atoms with Gasteiger partial charge in [-0.1, -0.05) is 11.8 Å². The van der Waals surface area contributed by atoms with E-state index in [0.29, 0.717) is 22.3 Å². The molecular formula is C24H24FN7S. The van der Waals surface area contributed by atoms with Crippen LogP contribution in [0.15, 0.2) is 46.7 Å². The molecule has 0 spiro atoms. The molecule has 0 bridgehead atoms. The van der Waals surface area contributed by atoms with Crippen LogP contribution in [0.25, 0.3) is 16.6 Å². The number of hydrogen-bond donors (Lipinski definition) is 0. The first-order valence-corrected chi connectivity index (χ1v) is 11.7. The van der Waals surface area contributed by atoms with Crippen molar-refractivity contribution < 1.29 is 4.39 Å². The number of pyridine rings is 2. The van der Waals surface area contributed by atoms with Gasteiger partial charge in [-0.25, -0.2) is 13.9 Å². The monoisotopic (exact) mass is 461 g/mol. The normalized spacial score (nSPS) is 15.2. The topological polar surface area (TPSA) is 75.0 Å². The van der Waals surface area contributed by atoms with E-state index in [-0.39, 0.29) is 5.82 Å². The molecule has 1 aliphatic rings. The van der Waals surface area contributed by atoms with Crippen LogP contribution in [0, 0.1) is 31.0 Å². The molecule has 1 fully saturated rings. The summed E-state index contributed by atoms with van der Waals surface area (Å²) in [5, 5.41) is 19.4. The Hall–Kier alpha value is -3.22. The third-order valence-corrected chi connectivity index (χ3v) is 7.26. The van der Waals surface area contributed by atoms with Crippen LogP contribution in [-0.4, -0.2) is 49.4 Å². The van der Waals surface area contributed by atoms with E-state index in [1.54, 1.807) is 23.7 Å². The second-order valence-electron chi connectivity index (χ2n) is 8.50. The van der Waals surface area contributed by atoms with Crippen molar-refractivity contribution in [1.29, 1.82) is 5.26 Å². The molecular weight excluding hydrogens is 437 g/mol. The number of aryl methyl sites for hydroxylation is 1. The van der Waals surface area contributed by atoms with E-state index in [1.807, 2.05) is 18.5 Å². The van der Waals surface area contributed by atoms with E-state index < -0.39 is 0 Å². The largest absolute Gasteiger partial charge is 0.306 e. The van der Waals surface area contributed by atoms with E-state index >= 15 is 0 Å². The number of nitriles is 1. The molecule has 0 atom stereocenters. The summed E-state index contributed by atoms with van der Waals surface area (Å²) >= 11 is 1.40. The van der Waals surface area contributed by atoms with Crippen molar-refractivity contribution in [3.8, 4) is 17.2 Å². The minimum Gasteiger partial charge on any atom is -0.306 e. The van der Waals surface area contributed by atoms with Crippen molar-refractivity contribution in [3.05, 3.63) is 59.6 Å². The zero-order valence-corrected chi connectivity index (χ0v) is 19.6. The SMILES string of the molecule is Cc1nc(Sc2cc(-c3cnn(C4CCN(C)CC4)c3C)cn3ncc(C#N)c23)ccc1F. The van der Waals surface area contributed by atoms with Crippen LogP contribution in [-0.2, 0) is 0 Å². The highest BCUT2D eigenvalue weighted by atomic mass is 32.2. The van der Waals surface area contributed by atoms with Crippen molar-refractivity contribution in [1.82, 2.24) is 29.3 Å². The summed E-state index contributed by atoms with van der Waals surface area (Å²) in [5.41, 5.74) is 4.67. The van der Waals surface area contributed by atoms with Gasteiger partial charge < -0.3 is 4.90 Å². The first-order chi connectivity index (χ1) is 15.9. The molecule has 7 nitrogen and oxygen atoms in total. The van der Waals surface area contributed by atoms with Crippen molar-refractivity contribution in [2.24, 2.45) is 0 Å². The molecule has 0 saturated carbocycles. The van der Waals surface area contributed by atoms with Crippen LogP contribution in [0.4, 0.5) is 4.39 Å². The van der Waals surface area contributed by atoms with Crippen molar-refractivity contribution >= 4 is 17.3 Å². The summed E-state index contributed by atoms with van der Waals surface area (Å²) in [7, 11) is 2.16. The van der Waals surface area contributed by atoms with Crippen molar-refractivity contribution in [2.75, 3.05) is 20.1 Å². The Morgan fingerprint density at radius 2 is 1.94 bits per heavy atom. The van der Waals surface area contributed by atoms with Gasteiger partial charge in [0.1, 0.15) is 16.9 Å². The van der Waals surface area contributed by atoms with Crippen LogP contribution in [0.2, 0.25) is 0 Å². The molecule has 5 heterocycles. The quantitative estimate of drug-likeness (QED) is 0.441. The summed E-state index contributed by atoms with van der Waals surface area (Å²) in [6, 6.07) is 7.74. The Bertz CT molecular complexity index is 1380. The maximum Gasteiger partial charge on any atom is 0.144 e. The van der Waals surface area contributed by atoms with Gasteiger partial charge in [0.15, 0.2) is 0 Å². The maximum absolute atomic E-state index is 13.7. The lowest BCUT2D eigenvalue weighted by Crippen LogP contribution is -2.32. The smallest absolute Gasteiger partial charge is 0.144 e. The highest BCUT2D eigenvalue weighted by Crippen LogP contribution is 2.36. The zero-order chi connectivity index (χ0) is 23.1. The zero-order valence-electron chi connectivity index (χ0n) is 18.8. The van der Waals surface area contributed by atoms with Crippen LogP contribution >= 0.6 is 11.8 Å². The van der Waals surface area contributed by atoms with Gasteiger partial charge in [0, 0.05) is 27.9 Å². The van der Waals surface area contributed by atoms with Crippen LogP contribution in [0.1, 0.15) is 35.8 Å². The molecule has 0 N–H and O–H groups in total. The Morgan fingerprint density at radius 1 is 1.15 bits per heavy atom. The summed E-state index contributed by atoms with van der Waals surface area (Å²) in [5.74, 6) is -0.336. The van der Waals surface area contributed by atoms with Gasteiger partial charge in [-0.3, -0.25) is 4.68 Å². The predicted octanol–water partition coefficient (Wildman–Crippen LogP) is 4.64. The summed E-state index contributed by atoms with van der Waals surface area (Å²) in [4.78, 5) is 7.55. The second-order valence-corrected chi connectivity index (χ2v) is 9.56. The minimum atomic E-state index is -0.336. The van der Waals surface area contributed by atoms with Crippen LogP contribution < -0.4 is 0 Å². The molecule has 9 heteroatoms. The van der Waals surface area contributed by atoms with E-state index in [2.05, 4.69) is 39.7 Å². The van der Waals surface area contributed by atoms with Gasteiger partial charge in [0.05, 0.1) is 35.2 Å². The van der Waals surface area contributed by atoms with Crippen molar-refractivity contribution in [3.63, 3.8) is 0 Å². The molecule has 33 heavy (non-hydrogen) atoms. The van der Waals surface area contributed by atoms with Gasteiger partial charge >= 0.3 is 0 Å². The average Bonchev–Trinajstić information content (AvgIpc) is 3.40. The van der Waals surface area contributed by atoms with Gasteiger partial charge in [-0.2, -0.15) is 15.5 Å². The number of rotatable bonds is 4. The standard InChI is InChI=1S/C24H24FN7S/c1-15-21(25)4-5-23(29-15)33-22-10-17(14-31-24(22)18(11-26)12-27-31)20-13-28-32(16(20)2)19-6-8-30(3)9-7-19/h4-5,10,12-14,19H,6-9H2,1-3H3. The number of halogens is 1. The first kappa shape index (κ1) is 21.6. The van der Waals surface area contributed by atoms with Crippen LogP contribution in [0.3, 0.4) is 0 Å². The highest BCUT2D eigenvalue weighted by Gasteiger charge is 2.22. The Balaban J connectivity index is 1.57. The molecule has 1 saturated heterocycles. The molecule has 0 aliphatic carbocycles. The average molecular weight is 462 g/mol. The molecule has 0 radical (unpaired) electrons. The third-order valence-electron chi connectivity index (χ3n) is 6.30. The Labute approximate surface area is 195 Å². The molecule has 4 aromatic rings. The van der Waals surface area contributed by atoms with Gasteiger partial charge in [0.25, 0.3) is 0 Å². The first-order valence-electron chi connectivity index (χ1n) is 10.9. The molecule has 5 rings (SSSR count). The number of piperidine rings is 1. The Morgan fingerprint density at radius 3 is 2.67 bits per heavy atom. The lowest BCUT2D eigenvalue weighted by Gasteiger charge is -2.29. The molecule has 0 unspecified atom stereocenters. The van der Waals surface area contributed by atoms with E-state index in [9.17, 15) is 9.65 Å². The fourth-order valence-corrected chi connectivity index (χ4v) is 5.43. The van der Waals surface area contributed by atoms with Gasteiger partial charge in [-0.05, 0) is 65.0 Å². The lowest BCUT2D eigenvalue weighted by molar-refractivity contribution is 0.210. The van der Waals surface area contributed by atoms with Gasteiger partial charge in [0.2, 0.25) is 0 Å². The summed E-state index contributed by atoms with van der Waals surface area (Å²) in [6.07, 6.45) is 7.59. The predicted molar refractivity (Wildman–Crippen MR) is 125 cm³/mol. The van der Waals surface area contributed by atoms with E-state index in [0.717, 1.165) is 53.2 Å². The Kier molecular flexibility index (Phi) is 5.64. The maximum atomic E-state index is 13.7. The van der Waals surface area contributed by atoms with E-state index in [4.69, 9.17) is 5.10 Å². The number of nitrogens with zero attached hydrogens (tertiary/aromatic N) is 7. The number of hydrogen-bond acceptors (Lipinski definition) is 6. The van der Waals surface area contributed by atoms with Gasteiger partial charge in [-0.15, -0.1) is 0 Å². The number of aromatic nitrogens is 5. The minimum absolute atomic E-state index is 0.336. The van der Waals surface area contributed by atoms with E-state index in [1.165, 1.54) is 17.8 Å². The molecule has 0 aromatic carbocycles. The molecule has 168 valence electrons. The summed E-state index contributed by atoms with van der Waals surface area (Å²) in [6.45, 7) is 5.89. The number of fused-ring (bicyclic) bond motifs is 1. The molecule has 0 amide bonds. The number of likely N-dealkylation sites (tertiary alicyclic amines) is 1. The fourth-order valence-electron chi connectivity index (χ4n) is 4.40. The summed E-state index contributed by atoms with van der Waals surface area (Å²) < 4.78 is 17.6. The van der Waals surface area contributed by atoms with Crippen LogP contribution in [0.5, 0.6) is 0 Å². The van der Waals surface area contributed by atoms with Crippen molar-refractivity contribution in [2.45, 2.75) is 42.7 Å². The highest BCUT2D eigenvalue weighted by molar-refractivity contribution is 7.99. The fraction of sp³-hybridized carbons (Fsp3) is 0.333. The third kappa shape index (κ3) is 4.01. The molecule has 1 aliphatic heterocycles. The molecule has 4 aromatic heterocycles. The lowest BCUT2D eigenvalue weighted by atomic mass is 10.0.